The smallest absolute Gasteiger partial charge is 0.347 e. The van der Waals surface area contributed by atoms with Crippen molar-refractivity contribution in [3.63, 3.8) is 0 Å². The molecule has 1 aromatic heterocycles. The van der Waals surface area contributed by atoms with Gasteiger partial charge in [-0.25, -0.2) is 13.2 Å². The molecule has 0 saturated heterocycles. The lowest BCUT2D eigenvalue weighted by molar-refractivity contribution is 0.103. The summed E-state index contributed by atoms with van der Waals surface area (Å²) < 4.78 is 43.5. The molecule has 4 aromatic rings. The molecule has 0 atom stereocenters. The van der Waals surface area contributed by atoms with Crippen LogP contribution in [0.1, 0.15) is 21.5 Å². The van der Waals surface area contributed by atoms with Gasteiger partial charge in [0.25, 0.3) is 10.0 Å². The maximum atomic E-state index is 13.0. The number of aryl methyl sites for hydroxylation is 1. The summed E-state index contributed by atoms with van der Waals surface area (Å²) in [6, 6.07) is 16.9. The molecule has 0 saturated carbocycles. The molecule has 8 nitrogen and oxygen atoms in total. The summed E-state index contributed by atoms with van der Waals surface area (Å²) in [5.74, 6) is 0.0839. The first-order chi connectivity index (χ1) is 16.2. The topological polar surface area (TPSA) is 112 Å². The first-order valence-electron chi connectivity index (χ1n) is 10.2. The van der Waals surface area contributed by atoms with Crippen molar-refractivity contribution < 1.29 is 27.1 Å². The van der Waals surface area contributed by atoms with E-state index in [1.165, 1.54) is 56.7 Å². The van der Waals surface area contributed by atoms with Crippen LogP contribution >= 0.6 is 0 Å². The van der Waals surface area contributed by atoms with Gasteiger partial charge in [0, 0.05) is 16.6 Å². The van der Waals surface area contributed by atoms with E-state index in [4.69, 9.17) is 13.9 Å². The zero-order valence-electron chi connectivity index (χ0n) is 18.6. The van der Waals surface area contributed by atoms with Gasteiger partial charge in [-0.15, -0.1) is 0 Å². The Morgan fingerprint density at radius 1 is 0.912 bits per heavy atom. The first kappa shape index (κ1) is 23.1. The van der Waals surface area contributed by atoms with Crippen LogP contribution in [0, 0.1) is 6.92 Å². The third-order valence-corrected chi connectivity index (χ3v) is 6.62. The normalized spacial score (nSPS) is 11.3. The van der Waals surface area contributed by atoms with Crippen molar-refractivity contribution in [1.82, 2.24) is 0 Å². The third kappa shape index (κ3) is 4.38. The van der Waals surface area contributed by atoms with E-state index in [-0.39, 0.29) is 33.0 Å². The van der Waals surface area contributed by atoms with E-state index in [0.717, 1.165) is 5.56 Å². The Hall–Kier alpha value is -4.11. The molecule has 3 aromatic carbocycles. The second kappa shape index (κ2) is 9.03. The van der Waals surface area contributed by atoms with Crippen LogP contribution in [0.4, 0.5) is 5.69 Å². The van der Waals surface area contributed by atoms with Crippen molar-refractivity contribution >= 4 is 32.5 Å². The molecule has 0 spiro atoms. The highest BCUT2D eigenvalue weighted by molar-refractivity contribution is 7.92. The summed E-state index contributed by atoms with van der Waals surface area (Å²) in [7, 11) is -0.897. The number of hydrogen-bond donors (Lipinski definition) is 1. The van der Waals surface area contributed by atoms with E-state index in [1.54, 1.807) is 24.3 Å². The van der Waals surface area contributed by atoms with Crippen LogP contribution in [0.5, 0.6) is 11.5 Å². The Morgan fingerprint density at radius 2 is 1.59 bits per heavy atom. The number of fused-ring (bicyclic) bond motifs is 1. The Kier molecular flexibility index (Phi) is 6.12. The molecule has 1 N–H and O–H groups in total. The Bertz CT molecular complexity index is 1540. The summed E-state index contributed by atoms with van der Waals surface area (Å²) in [4.78, 5) is 25.7. The van der Waals surface area contributed by atoms with Crippen molar-refractivity contribution in [2.45, 2.75) is 11.8 Å². The van der Waals surface area contributed by atoms with Crippen molar-refractivity contribution in [3.8, 4) is 11.5 Å². The van der Waals surface area contributed by atoms with Crippen molar-refractivity contribution in [3.05, 3.63) is 93.8 Å². The molecule has 0 fully saturated rings. The van der Waals surface area contributed by atoms with E-state index >= 15 is 0 Å². The SMILES string of the molecule is COc1ccc2cc(C(=O)c3ccc(NS(=O)(=O)c4ccc(C)cc4)cc3)c(=O)oc2c1OC. The predicted octanol–water partition coefficient (Wildman–Crippen LogP) is 4.15. The van der Waals surface area contributed by atoms with Gasteiger partial charge in [0.2, 0.25) is 5.75 Å². The van der Waals surface area contributed by atoms with E-state index in [9.17, 15) is 18.0 Å². The number of methoxy groups -OCH3 is 2. The van der Waals surface area contributed by atoms with Crippen molar-refractivity contribution in [2.75, 3.05) is 18.9 Å². The Morgan fingerprint density at radius 3 is 2.21 bits per heavy atom. The molecule has 0 aliphatic carbocycles. The summed E-state index contributed by atoms with van der Waals surface area (Å²) >= 11 is 0. The molecular weight excluding hydrogens is 458 g/mol. The number of benzene rings is 3. The second-order valence-electron chi connectivity index (χ2n) is 7.49. The van der Waals surface area contributed by atoms with Gasteiger partial charge in [-0.05, 0) is 61.5 Å². The van der Waals surface area contributed by atoms with Crippen LogP contribution in [0.25, 0.3) is 11.0 Å². The number of carbonyl (C=O) groups excluding carboxylic acids is 1. The molecule has 174 valence electrons. The maximum absolute atomic E-state index is 13.0. The Balaban J connectivity index is 1.62. The third-order valence-electron chi connectivity index (χ3n) is 5.22. The van der Waals surface area contributed by atoms with Gasteiger partial charge >= 0.3 is 5.63 Å². The molecule has 0 unspecified atom stereocenters. The second-order valence-corrected chi connectivity index (χ2v) is 9.17. The average molecular weight is 480 g/mol. The van der Waals surface area contributed by atoms with Gasteiger partial charge in [-0.2, -0.15) is 0 Å². The van der Waals surface area contributed by atoms with Crippen LogP contribution < -0.4 is 19.8 Å². The average Bonchev–Trinajstić information content (AvgIpc) is 2.83. The van der Waals surface area contributed by atoms with Gasteiger partial charge in [0.1, 0.15) is 5.56 Å². The summed E-state index contributed by atoms with van der Waals surface area (Å²) in [5.41, 5.74) is 0.604. The van der Waals surface area contributed by atoms with Crippen LogP contribution in [-0.2, 0) is 10.0 Å². The van der Waals surface area contributed by atoms with Crippen LogP contribution in [-0.4, -0.2) is 28.4 Å². The van der Waals surface area contributed by atoms with Gasteiger partial charge in [-0.3, -0.25) is 9.52 Å². The number of anilines is 1. The predicted molar refractivity (Wildman–Crippen MR) is 127 cm³/mol. The minimum absolute atomic E-state index is 0.124. The molecule has 0 radical (unpaired) electrons. The van der Waals surface area contributed by atoms with Crippen LogP contribution in [0.3, 0.4) is 0 Å². The largest absolute Gasteiger partial charge is 0.493 e. The molecule has 0 aliphatic heterocycles. The first-order valence-corrected chi connectivity index (χ1v) is 11.6. The molecule has 0 aliphatic rings. The minimum Gasteiger partial charge on any atom is -0.493 e. The number of ketones is 1. The maximum Gasteiger partial charge on any atom is 0.347 e. The van der Waals surface area contributed by atoms with Crippen molar-refractivity contribution in [2.24, 2.45) is 0 Å². The number of rotatable bonds is 7. The van der Waals surface area contributed by atoms with Gasteiger partial charge in [0.05, 0.1) is 19.1 Å². The number of sulfonamides is 1. The fraction of sp³-hybridized carbons (Fsp3) is 0.120. The highest BCUT2D eigenvalue weighted by atomic mass is 32.2. The lowest BCUT2D eigenvalue weighted by Gasteiger charge is -2.10. The fourth-order valence-electron chi connectivity index (χ4n) is 3.43. The number of ether oxygens (including phenoxy) is 2. The molecule has 4 rings (SSSR count). The number of hydrogen-bond acceptors (Lipinski definition) is 7. The monoisotopic (exact) mass is 479 g/mol. The lowest BCUT2D eigenvalue weighted by Crippen LogP contribution is -2.15. The van der Waals surface area contributed by atoms with Crippen molar-refractivity contribution in [1.29, 1.82) is 0 Å². The molecule has 0 bridgehead atoms. The molecule has 9 heteroatoms. The van der Waals surface area contributed by atoms with Crippen LogP contribution in [0.2, 0.25) is 0 Å². The van der Waals surface area contributed by atoms with E-state index in [0.29, 0.717) is 11.1 Å². The molecule has 0 amide bonds. The van der Waals surface area contributed by atoms with E-state index < -0.39 is 21.4 Å². The Labute approximate surface area is 195 Å². The fourth-order valence-corrected chi connectivity index (χ4v) is 4.49. The summed E-state index contributed by atoms with van der Waals surface area (Å²) in [5, 5.41) is 0.489. The standard InChI is InChI=1S/C25H21NO7S/c1-15-4-11-19(12-5-15)34(29,30)26-18-9-6-16(7-10-18)22(27)20-14-17-8-13-21(31-2)24(32-3)23(17)33-25(20)28/h4-14,26H,1-3H3. The highest BCUT2D eigenvalue weighted by Gasteiger charge is 2.20. The molecular formula is C25H21NO7S. The van der Waals surface area contributed by atoms with Gasteiger partial charge < -0.3 is 13.9 Å². The zero-order chi connectivity index (χ0) is 24.5. The molecule has 34 heavy (non-hydrogen) atoms. The van der Waals surface area contributed by atoms with Crippen LogP contribution in [0.15, 0.2) is 80.8 Å². The summed E-state index contributed by atoms with van der Waals surface area (Å²) in [6.07, 6.45) is 0. The number of carbonyl (C=O) groups is 1. The minimum atomic E-state index is -3.78. The quantitative estimate of drug-likeness (QED) is 0.313. The van der Waals surface area contributed by atoms with E-state index in [2.05, 4.69) is 4.72 Å². The van der Waals surface area contributed by atoms with E-state index in [1.807, 2.05) is 6.92 Å². The van der Waals surface area contributed by atoms with Gasteiger partial charge in [0.15, 0.2) is 17.1 Å². The zero-order valence-corrected chi connectivity index (χ0v) is 19.4. The number of nitrogens with one attached hydrogen (secondary N) is 1. The molecule has 1 heterocycles. The lowest BCUT2D eigenvalue weighted by atomic mass is 10.0. The highest BCUT2D eigenvalue weighted by Crippen LogP contribution is 2.35. The van der Waals surface area contributed by atoms with Gasteiger partial charge in [-0.1, -0.05) is 17.7 Å². The summed E-state index contributed by atoms with van der Waals surface area (Å²) in [6.45, 7) is 1.86.